The number of cyclic esters (lactones) is 1. The first-order valence-corrected chi connectivity index (χ1v) is 8.56. The second-order valence-corrected chi connectivity index (χ2v) is 5.56. The second-order valence-electron chi connectivity index (χ2n) is 4.68. The summed E-state index contributed by atoms with van der Waals surface area (Å²) in [7, 11) is 0. The molecule has 0 aliphatic carbocycles. The molecule has 0 bridgehead atoms. The maximum atomic E-state index is 11.7. The Bertz CT molecular complexity index is 381. The van der Waals surface area contributed by atoms with Crippen LogP contribution >= 0.6 is 22.6 Å². The molecular formula is C16H21IO2. The van der Waals surface area contributed by atoms with Crippen molar-refractivity contribution in [3.8, 4) is 23.7 Å². The molecule has 0 fully saturated rings. The van der Waals surface area contributed by atoms with E-state index in [4.69, 9.17) is 4.74 Å². The minimum atomic E-state index is -0.0420. The fourth-order valence-corrected chi connectivity index (χ4v) is 2.49. The molecule has 104 valence electrons. The first-order chi connectivity index (χ1) is 9.33. The SMILES string of the molecule is O=C1CCCCCC#CC#CCCCCC(CI)O1. The monoisotopic (exact) mass is 372 g/mol. The van der Waals surface area contributed by atoms with Crippen LogP contribution in [0, 0.1) is 23.7 Å². The van der Waals surface area contributed by atoms with Crippen LogP contribution in [-0.2, 0) is 9.53 Å². The standard InChI is InChI=1S/C16H21IO2/c17-14-15-12-10-8-6-4-2-1-3-5-7-9-11-13-16(18)19-15/h15H,5-14H2. The van der Waals surface area contributed by atoms with Crippen LogP contribution < -0.4 is 0 Å². The highest BCUT2D eigenvalue weighted by Gasteiger charge is 2.12. The molecule has 0 spiro atoms. The van der Waals surface area contributed by atoms with Gasteiger partial charge in [-0.15, -0.1) is 0 Å². The summed E-state index contributed by atoms with van der Waals surface area (Å²) in [6.07, 6.45) is 8.42. The lowest BCUT2D eigenvalue weighted by Gasteiger charge is -2.15. The lowest BCUT2D eigenvalue weighted by Crippen LogP contribution is -2.19. The number of hydrogen-bond acceptors (Lipinski definition) is 2. The lowest BCUT2D eigenvalue weighted by molar-refractivity contribution is -0.148. The summed E-state index contributed by atoms with van der Waals surface area (Å²) in [5, 5.41) is 0. The summed E-state index contributed by atoms with van der Waals surface area (Å²) in [6.45, 7) is 0. The smallest absolute Gasteiger partial charge is 0.306 e. The van der Waals surface area contributed by atoms with Gasteiger partial charge in [0, 0.05) is 23.7 Å². The van der Waals surface area contributed by atoms with E-state index in [-0.39, 0.29) is 12.1 Å². The fourth-order valence-electron chi connectivity index (χ4n) is 1.87. The number of carbonyl (C=O) groups excluding carboxylic acids is 1. The van der Waals surface area contributed by atoms with Crippen LogP contribution in [-0.4, -0.2) is 16.5 Å². The van der Waals surface area contributed by atoms with Gasteiger partial charge in [0.25, 0.3) is 0 Å². The molecule has 0 aromatic carbocycles. The Morgan fingerprint density at radius 2 is 1.74 bits per heavy atom. The fraction of sp³-hybridized carbons (Fsp3) is 0.688. The van der Waals surface area contributed by atoms with E-state index >= 15 is 0 Å². The van der Waals surface area contributed by atoms with E-state index in [1.54, 1.807) is 0 Å². The van der Waals surface area contributed by atoms with Gasteiger partial charge in [-0.2, -0.15) is 0 Å². The number of rotatable bonds is 1. The predicted octanol–water partition coefficient (Wildman–Crippen LogP) is 3.86. The molecule has 0 radical (unpaired) electrons. The van der Waals surface area contributed by atoms with E-state index in [1.807, 2.05) is 0 Å². The molecule has 0 saturated carbocycles. The van der Waals surface area contributed by atoms with E-state index in [0.29, 0.717) is 6.42 Å². The molecule has 19 heavy (non-hydrogen) atoms. The summed E-state index contributed by atoms with van der Waals surface area (Å²) in [6, 6.07) is 0. The van der Waals surface area contributed by atoms with Gasteiger partial charge >= 0.3 is 5.97 Å². The Balaban J connectivity index is 2.44. The minimum absolute atomic E-state index is 0.0420. The van der Waals surface area contributed by atoms with Gasteiger partial charge in [0.2, 0.25) is 0 Å². The minimum Gasteiger partial charge on any atom is -0.462 e. The number of carbonyl (C=O) groups is 1. The zero-order valence-electron chi connectivity index (χ0n) is 11.3. The average molecular weight is 372 g/mol. The van der Waals surface area contributed by atoms with Crippen LogP contribution in [0.5, 0.6) is 0 Å². The maximum absolute atomic E-state index is 11.7. The number of ether oxygens (including phenoxy) is 1. The highest BCUT2D eigenvalue weighted by Crippen LogP contribution is 2.12. The van der Waals surface area contributed by atoms with Crippen molar-refractivity contribution in [2.24, 2.45) is 0 Å². The van der Waals surface area contributed by atoms with Crippen LogP contribution in [0.4, 0.5) is 0 Å². The molecule has 0 aromatic rings. The Hall–Kier alpha value is -0.680. The molecule has 1 heterocycles. The van der Waals surface area contributed by atoms with Gasteiger partial charge < -0.3 is 4.74 Å². The number of esters is 1. The van der Waals surface area contributed by atoms with Crippen molar-refractivity contribution in [2.45, 2.75) is 63.9 Å². The number of hydrogen-bond donors (Lipinski definition) is 0. The predicted molar refractivity (Wildman–Crippen MR) is 85.9 cm³/mol. The maximum Gasteiger partial charge on any atom is 0.306 e. The van der Waals surface area contributed by atoms with Gasteiger partial charge in [-0.25, -0.2) is 0 Å². The normalized spacial score (nSPS) is 22.4. The van der Waals surface area contributed by atoms with Crippen molar-refractivity contribution in [1.82, 2.24) is 0 Å². The Morgan fingerprint density at radius 3 is 2.42 bits per heavy atom. The number of halogens is 1. The molecule has 3 heteroatoms. The van der Waals surface area contributed by atoms with Crippen LogP contribution in [0.2, 0.25) is 0 Å². The van der Waals surface area contributed by atoms with Gasteiger partial charge in [-0.05, 0) is 43.9 Å². The van der Waals surface area contributed by atoms with Crippen molar-refractivity contribution < 1.29 is 9.53 Å². The van der Waals surface area contributed by atoms with Crippen LogP contribution in [0.1, 0.15) is 57.8 Å². The zero-order chi connectivity index (χ0) is 13.8. The summed E-state index contributed by atoms with van der Waals surface area (Å²) < 4.78 is 6.37. The summed E-state index contributed by atoms with van der Waals surface area (Å²) in [4.78, 5) is 11.7. The van der Waals surface area contributed by atoms with Crippen LogP contribution in [0.15, 0.2) is 0 Å². The van der Waals surface area contributed by atoms with Gasteiger partial charge in [0.15, 0.2) is 0 Å². The van der Waals surface area contributed by atoms with E-state index in [2.05, 4.69) is 46.3 Å². The molecule has 0 amide bonds. The van der Waals surface area contributed by atoms with Crippen LogP contribution in [0.25, 0.3) is 0 Å². The quantitative estimate of drug-likeness (QED) is 0.302. The number of alkyl halides is 1. The third kappa shape index (κ3) is 8.94. The molecule has 1 aliphatic rings. The van der Waals surface area contributed by atoms with Crippen molar-refractivity contribution >= 4 is 28.6 Å². The lowest BCUT2D eigenvalue weighted by atomic mass is 10.1. The zero-order valence-corrected chi connectivity index (χ0v) is 13.5. The average Bonchev–Trinajstić information content (AvgIpc) is 2.41. The first-order valence-electron chi connectivity index (χ1n) is 7.04. The Labute approximate surface area is 130 Å². The van der Waals surface area contributed by atoms with E-state index in [0.717, 1.165) is 55.8 Å². The topological polar surface area (TPSA) is 26.3 Å². The van der Waals surface area contributed by atoms with Crippen molar-refractivity contribution in [3.63, 3.8) is 0 Å². The third-order valence-electron chi connectivity index (χ3n) is 2.97. The Kier molecular flexibility index (Phi) is 9.63. The molecule has 2 nitrogen and oxygen atoms in total. The molecule has 1 unspecified atom stereocenters. The van der Waals surface area contributed by atoms with Crippen molar-refractivity contribution in [3.05, 3.63) is 0 Å². The Morgan fingerprint density at radius 1 is 1.05 bits per heavy atom. The molecule has 0 saturated heterocycles. The highest BCUT2D eigenvalue weighted by atomic mass is 127. The summed E-state index contributed by atoms with van der Waals surface area (Å²) in [5.74, 6) is 11.9. The summed E-state index contributed by atoms with van der Waals surface area (Å²) >= 11 is 2.29. The van der Waals surface area contributed by atoms with Crippen molar-refractivity contribution in [2.75, 3.05) is 4.43 Å². The molecule has 0 N–H and O–H groups in total. The van der Waals surface area contributed by atoms with Gasteiger partial charge in [-0.3, -0.25) is 4.79 Å². The first kappa shape index (κ1) is 16.4. The van der Waals surface area contributed by atoms with E-state index < -0.39 is 0 Å². The molecular weight excluding hydrogens is 351 g/mol. The van der Waals surface area contributed by atoms with Gasteiger partial charge in [-0.1, -0.05) is 40.9 Å². The van der Waals surface area contributed by atoms with Crippen LogP contribution in [0.3, 0.4) is 0 Å². The van der Waals surface area contributed by atoms with E-state index in [9.17, 15) is 4.79 Å². The van der Waals surface area contributed by atoms with Crippen molar-refractivity contribution in [1.29, 1.82) is 0 Å². The molecule has 0 aromatic heterocycles. The van der Waals surface area contributed by atoms with E-state index in [1.165, 1.54) is 0 Å². The largest absolute Gasteiger partial charge is 0.462 e. The summed E-state index contributed by atoms with van der Waals surface area (Å²) in [5.41, 5.74) is 0. The van der Waals surface area contributed by atoms with Gasteiger partial charge in [0.05, 0.1) is 0 Å². The highest BCUT2D eigenvalue weighted by molar-refractivity contribution is 14.1. The third-order valence-corrected chi connectivity index (χ3v) is 3.95. The molecule has 1 atom stereocenters. The molecule has 1 rings (SSSR count). The van der Waals surface area contributed by atoms with Gasteiger partial charge in [0.1, 0.15) is 6.10 Å². The molecule has 1 aliphatic heterocycles. The second kappa shape index (κ2) is 11.2.